The van der Waals surface area contributed by atoms with Gasteiger partial charge < -0.3 is 10.1 Å². The summed E-state index contributed by atoms with van der Waals surface area (Å²) in [6.45, 7) is 4.89. The van der Waals surface area contributed by atoms with Gasteiger partial charge in [-0.05, 0) is 31.0 Å². The molecule has 2 heteroatoms. The van der Waals surface area contributed by atoms with Crippen LogP contribution in [-0.2, 0) is 4.74 Å². The molecule has 1 aromatic carbocycles. The number of ether oxygens (including phenoxy) is 1. The molecule has 1 saturated heterocycles. The van der Waals surface area contributed by atoms with Crippen LogP contribution < -0.4 is 5.32 Å². The minimum Gasteiger partial charge on any atom is -0.379 e. The normalized spacial score (nSPS) is 23.1. The van der Waals surface area contributed by atoms with Gasteiger partial charge in [-0.3, -0.25) is 0 Å². The van der Waals surface area contributed by atoms with Crippen molar-refractivity contribution in [2.24, 2.45) is 0 Å². The summed E-state index contributed by atoms with van der Waals surface area (Å²) in [5.74, 6) is 0. The number of nitrogens with one attached hydrogen (secondary N) is 1. The lowest BCUT2D eigenvalue weighted by atomic mass is 10.0. The van der Waals surface area contributed by atoms with E-state index in [1.807, 2.05) is 0 Å². The predicted octanol–water partition coefficient (Wildman–Crippen LogP) is 2.05. The Morgan fingerprint density at radius 3 is 3.07 bits per heavy atom. The Bertz CT molecular complexity index is 290. The van der Waals surface area contributed by atoms with Crippen LogP contribution in [-0.4, -0.2) is 19.8 Å². The molecule has 1 aliphatic rings. The lowest BCUT2D eigenvalue weighted by molar-refractivity contribution is 0.131. The first-order valence-corrected chi connectivity index (χ1v) is 5.24. The summed E-state index contributed by atoms with van der Waals surface area (Å²) in [5, 5.41) is 3.51. The highest BCUT2D eigenvalue weighted by Gasteiger charge is 2.14. The van der Waals surface area contributed by atoms with E-state index in [9.17, 15) is 0 Å². The monoisotopic (exact) mass is 191 g/mol. The van der Waals surface area contributed by atoms with E-state index in [0.29, 0.717) is 6.04 Å². The van der Waals surface area contributed by atoms with E-state index in [4.69, 9.17) is 4.74 Å². The minimum absolute atomic E-state index is 0.374. The lowest BCUT2D eigenvalue weighted by Gasteiger charge is -2.17. The number of hydrogen-bond acceptors (Lipinski definition) is 2. The molecule has 1 aromatic rings. The minimum atomic E-state index is 0.374. The Labute approximate surface area is 85.3 Å². The zero-order chi connectivity index (χ0) is 9.80. The Morgan fingerprint density at radius 2 is 2.21 bits per heavy atom. The van der Waals surface area contributed by atoms with Gasteiger partial charge in [0.25, 0.3) is 0 Å². The van der Waals surface area contributed by atoms with Crippen LogP contribution in [0.1, 0.15) is 23.6 Å². The van der Waals surface area contributed by atoms with Crippen molar-refractivity contribution in [3.05, 3.63) is 35.4 Å². The molecule has 0 radical (unpaired) electrons. The van der Waals surface area contributed by atoms with Gasteiger partial charge in [-0.15, -0.1) is 0 Å². The molecule has 0 amide bonds. The van der Waals surface area contributed by atoms with Gasteiger partial charge in [-0.25, -0.2) is 0 Å². The highest BCUT2D eigenvalue weighted by molar-refractivity contribution is 5.28. The smallest absolute Gasteiger partial charge is 0.0661 e. The van der Waals surface area contributed by atoms with Gasteiger partial charge >= 0.3 is 0 Å². The average molecular weight is 191 g/mol. The van der Waals surface area contributed by atoms with Gasteiger partial charge in [0, 0.05) is 6.61 Å². The van der Waals surface area contributed by atoms with Gasteiger partial charge in [0.2, 0.25) is 0 Å². The molecule has 0 bridgehead atoms. The fraction of sp³-hybridized carbons (Fsp3) is 0.500. The molecule has 2 nitrogen and oxygen atoms in total. The molecule has 0 spiro atoms. The molecule has 76 valence electrons. The summed E-state index contributed by atoms with van der Waals surface area (Å²) in [6, 6.07) is 8.88. The van der Waals surface area contributed by atoms with Crippen molar-refractivity contribution in [2.75, 3.05) is 19.8 Å². The lowest BCUT2D eigenvalue weighted by Crippen LogP contribution is -2.24. The first-order valence-electron chi connectivity index (χ1n) is 5.24. The molecule has 0 aliphatic carbocycles. The van der Waals surface area contributed by atoms with Crippen LogP contribution in [0.2, 0.25) is 0 Å². The molecule has 1 N–H and O–H groups in total. The number of benzene rings is 1. The van der Waals surface area contributed by atoms with E-state index in [2.05, 4.69) is 36.5 Å². The summed E-state index contributed by atoms with van der Waals surface area (Å²) >= 11 is 0. The molecule has 1 fully saturated rings. The van der Waals surface area contributed by atoms with E-state index in [1.165, 1.54) is 11.1 Å². The van der Waals surface area contributed by atoms with Gasteiger partial charge in [0.05, 0.1) is 12.6 Å². The molecule has 0 aromatic heterocycles. The van der Waals surface area contributed by atoms with Gasteiger partial charge in [-0.2, -0.15) is 0 Å². The second-order valence-corrected chi connectivity index (χ2v) is 3.79. The second-order valence-electron chi connectivity index (χ2n) is 3.79. The van der Waals surface area contributed by atoms with Crippen molar-refractivity contribution in [1.29, 1.82) is 0 Å². The topological polar surface area (TPSA) is 21.3 Å². The van der Waals surface area contributed by atoms with E-state index in [0.717, 1.165) is 26.2 Å². The van der Waals surface area contributed by atoms with Crippen LogP contribution in [0.3, 0.4) is 0 Å². The van der Waals surface area contributed by atoms with Gasteiger partial charge in [-0.1, -0.05) is 24.3 Å². The van der Waals surface area contributed by atoms with Crippen molar-refractivity contribution >= 4 is 0 Å². The first kappa shape index (κ1) is 9.69. The molecule has 1 atom stereocenters. The quantitative estimate of drug-likeness (QED) is 0.733. The van der Waals surface area contributed by atoms with E-state index >= 15 is 0 Å². The van der Waals surface area contributed by atoms with Crippen molar-refractivity contribution < 1.29 is 4.74 Å². The van der Waals surface area contributed by atoms with Crippen LogP contribution in [0.15, 0.2) is 24.3 Å². The molecule has 0 saturated carbocycles. The van der Waals surface area contributed by atoms with Crippen molar-refractivity contribution in [2.45, 2.75) is 19.4 Å². The van der Waals surface area contributed by atoms with Crippen LogP contribution in [0.25, 0.3) is 0 Å². The highest BCUT2D eigenvalue weighted by Crippen LogP contribution is 2.18. The molecule has 1 heterocycles. The zero-order valence-corrected chi connectivity index (χ0v) is 8.62. The van der Waals surface area contributed by atoms with Crippen LogP contribution in [0.5, 0.6) is 0 Å². The second kappa shape index (κ2) is 4.58. The average Bonchev–Trinajstić information content (AvgIpc) is 2.47. The largest absolute Gasteiger partial charge is 0.379 e. The zero-order valence-electron chi connectivity index (χ0n) is 8.62. The van der Waals surface area contributed by atoms with Crippen molar-refractivity contribution in [3.63, 3.8) is 0 Å². The summed E-state index contributed by atoms with van der Waals surface area (Å²) < 4.78 is 5.55. The Morgan fingerprint density at radius 1 is 1.36 bits per heavy atom. The van der Waals surface area contributed by atoms with E-state index in [1.54, 1.807) is 0 Å². The van der Waals surface area contributed by atoms with Gasteiger partial charge in [0.1, 0.15) is 0 Å². The van der Waals surface area contributed by atoms with Crippen LogP contribution in [0, 0.1) is 6.92 Å². The predicted molar refractivity (Wildman–Crippen MR) is 57.4 cm³/mol. The highest BCUT2D eigenvalue weighted by atomic mass is 16.5. The maximum Gasteiger partial charge on any atom is 0.0661 e. The third kappa shape index (κ3) is 2.14. The van der Waals surface area contributed by atoms with Crippen molar-refractivity contribution in [3.8, 4) is 0 Å². The number of aryl methyl sites for hydroxylation is 1. The van der Waals surface area contributed by atoms with Crippen LogP contribution in [0.4, 0.5) is 0 Å². The summed E-state index contributed by atoms with van der Waals surface area (Å²) in [4.78, 5) is 0. The summed E-state index contributed by atoms with van der Waals surface area (Å²) in [7, 11) is 0. The number of hydrogen-bond donors (Lipinski definition) is 1. The molecule has 2 rings (SSSR count). The van der Waals surface area contributed by atoms with Crippen molar-refractivity contribution in [1.82, 2.24) is 5.32 Å². The maximum absolute atomic E-state index is 5.55. The standard InChI is InChI=1S/C12H17NO/c1-10-5-2-3-6-11(10)12-9-14-8-4-7-13-12/h2-3,5-6,12-13H,4,7-9H2,1H3/t12-/m0/s1. The van der Waals surface area contributed by atoms with E-state index in [-0.39, 0.29) is 0 Å². The molecule has 1 aliphatic heterocycles. The molecular formula is C12H17NO. The first-order chi connectivity index (χ1) is 6.88. The van der Waals surface area contributed by atoms with Crippen LogP contribution >= 0.6 is 0 Å². The number of rotatable bonds is 1. The van der Waals surface area contributed by atoms with Gasteiger partial charge in [0.15, 0.2) is 0 Å². The summed E-state index contributed by atoms with van der Waals surface area (Å²) in [5.41, 5.74) is 2.71. The van der Waals surface area contributed by atoms with E-state index < -0.39 is 0 Å². The Hall–Kier alpha value is -0.860. The Balaban J connectivity index is 2.16. The fourth-order valence-electron chi connectivity index (χ4n) is 1.89. The third-order valence-corrected chi connectivity index (χ3v) is 2.70. The summed E-state index contributed by atoms with van der Waals surface area (Å²) in [6.07, 6.45) is 1.11. The Kier molecular flexibility index (Phi) is 3.17. The molecular weight excluding hydrogens is 174 g/mol. The SMILES string of the molecule is Cc1ccccc1[C@@H]1COCCCN1. The molecule has 0 unspecified atom stereocenters. The third-order valence-electron chi connectivity index (χ3n) is 2.70. The maximum atomic E-state index is 5.55. The molecule has 14 heavy (non-hydrogen) atoms. The fourth-order valence-corrected chi connectivity index (χ4v) is 1.89.